The minimum absolute atomic E-state index is 0.107. The standard InChI is InChI=1S/C21H19F2NOS/c22-17-7-3-6-16(20(17)23)21(24-10-12-26-13-11-24)19-15-5-2-1-4-14(15)8-9-18(19)25/h1-9,21,25H,10-13H2. The van der Waals surface area contributed by atoms with Crippen LogP contribution in [0.25, 0.3) is 10.8 Å². The smallest absolute Gasteiger partial charge is 0.163 e. The van der Waals surface area contributed by atoms with E-state index in [0.29, 0.717) is 5.56 Å². The Morgan fingerprint density at radius 2 is 1.69 bits per heavy atom. The van der Waals surface area contributed by atoms with Crippen molar-refractivity contribution in [1.82, 2.24) is 4.90 Å². The molecule has 134 valence electrons. The lowest BCUT2D eigenvalue weighted by atomic mass is 9.91. The molecule has 1 heterocycles. The highest BCUT2D eigenvalue weighted by atomic mass is 32.2. The van der Waals surface area contributed by atoms with Gasteiger partial charge in [-0.05, 0) is 22.9 Å². The minimum Gasteiger partial charge on any atom is -0.508 e. The molecule has 1 N–H and O–H groups in total. The van der Waals surface area contributed by atoms with Crippen LogP contribution in [-0.4, -0.2) is 34.6 Å². The third kappa shape index (κ3) is 3.06. The van der Waals surface area contributed by atoms with Crippen molar-refractivity contribution in [1.29, 1.82) is 0 Å². The molecule has 1 fully saturated rings. The first-order chi connectivity index (χ1) is 12.7. The number of phenols is 1. The highest BCUT2D eigenvalue weighted by Crippen LogP contribution is 2.41. The number of thioether (sulfide) groups is 1. The first-order valence-corrected chi connectivity index (χ1v) is 9.78. The number of benzene rings is 3. The van der Waals surface area contributed by atoms with Crippen LogP contribution in [0.4, 0.5) is 8.78 Å². The summed E-state index contributed by atoms with van der Waals surface area (Å²) in [5.74, 6) is 0.259. The monoisotopic (exact) mass is 371 g/mol. The molecule has 1 unspecified atom stereocenters. The van der Waals surface area contributed by atoms with Gasteiger partial charge in [0.15, 0.2) is 11.6 Å². The average molecular weight is 371 g/mol. The molecular formula is C21H19F2NOS. The van der Waals surface area contributed by atoms with Crippen molar-refractivity contribution in [2.75, 3.05) is 24.6 Å². The van der Waals surface area contributed by atoms with E-state index in [9.17, 15) is 13.9 Å². The minimum atomic E-state index is -0.862. The van der Waals surface area contributed by atoms with Gasteiger partial charge in [0.05, 0.1) is 6.04 Å². The van der Waals surface area contributed by atoms with Crippen molar-refractivity contribution in [3.63, 3.8) is 0 Å². The van der Waals surface area contributed by atoms with Crippen molar-refractivity contribution >= 4 is 22.5 Å². The number of rotatable bonds is 3. The summed E-state index contributed by atoms with van der Waals surface area (Å²) in [4.78, 5) is 2.13. The van der Waals surface area contributed by atoms with Crippen molar-refractivity contribution in [3.05, 3.63) is 77.4 Å². The van der Waals surface area contributed by atoms with Gasteiger partial charge >= 0.3 is 0 Å². The van der Waals surface area contributed by atoms with Gasteiger partial charge in [0.1, 0.15) is 5.75 Å². The summed E-state index contributed by atoms with van der Waals surface area (Å²) in [6.07, 6.45) is 0. The summed E-state index contributed by atoms with van der Waals surface area (Å²) < 4.78 is 28.7. The van der Waals surface area contributed by atoms with E-state index in [4.69, 9.17) is 0 Å². The molecule has 3 aromatic rings. The Kier molecular flexibility index (Phi) is 4.83. The van der Waals surface area contributed by atoms with Crippen LogP contribution in [0, 0.1) is 11.6 Å². The Morgan fingerprint density at radius 3 is 2.50 bits per heavy atom. The van der Waals surface area contributed by atoms with Gasteiger partial charge in [0.2, 0.25) is 0 Å². The number of nitrogens with zero attached hydrogens (tertiary/aromatic N) is 1. The second kappa shape index (κ2) is 7.25. The second-order valence-electron chi connectivity index (χ2n) is 6.41. The van der Waals surface area contributed by atoms with E-state index >= 15 is 0 Å². The lowest BCUT2D eigenvalue weighted by molar-refractivity contribution is 0.240. The third-order valence-electron chi connectivity index (χ3n) is 4.91. The lowest BCUT2D eigenvalue weighted by Gasteiger charge is -2.36. The molecule has 0 saturated carbocycles. The van der Waals surface area contributed by atoms with Gasteiger partial charge in [-0.1, -0.05) is 42.5 Å². The Labute approximate surface area is 155 Å². The molecule has 0 aliphatic carbocycles. The number of phenolic OH excluding ortho intramolecular Hbond substituents is 1. The van der Waals surface area contributed by atoms with Gasteiger partial charge in [-0.15, -0.1) is 0 Å². The molecule has 4 rings (SSSR count). The number of hydrogen-bond acceptors (Lipinski definition) is 3. The molecule has 2 nitrogen and oxygen atoms in total. The fraction of sp³-hybridized carbons (Fsp3) is 0.238. The van der Waals surface area contributed by atoms with Crippen molar-refractivity contribution in [2.24, 2.45) is 0 Å². The van der Waals surface area contributed by atoms with Gasteiger partial charge in [-0.3, -0.25) is 4.90 Å². The molecule has 3 aromatic carbocycles. The molecule has 1 atom stereocenters. The number of halogens is 2. The fourth-order valence-corrected chi connectivity index (χ4v) is 4.60. The summed E-state index contributed by atoms with van der Waals surface area (Å²) in [6, 6.07) is 14.9. The Morgan fingerprint density at radius 1 is 0.923 bits per heavy atom. The predicted octanol–water partition coefficient (Wildman–Crippen LogP) is 4.96. The normalized spacial score (nSPS) is 16.7. The molecule has 26 heavy (non-hydrogen) atoms. The van der Waals surface area contributed by atoms with Gasteiger partial charge < -0.3 is 5.11 Å². The van der Waals surface area contributed by atoms with Gasteiger partial charge in [-0.2, -0.15) is 11.8 Å². The van der Waals surface area contributed by atoms with Crippen LogP contribution in [0.1, 0.15) is 17.2 Å². The summed E-state index contributed by atoms with van der Waals surface area (Å²) in [5, 5.41) is 12.5. The molecule has 1 saturated heterocycles. The molecule has 0 spiro atoms. The number of hydrogen-bond donors (Lipinski definition) is 1. The van der Waals surface area contributed by atoms with E-state index in [1.54, 1.807) is 12.1 Å². The van der Waals surface area contributed by atoms with Gasteiger partial charge in [-0.25, -0.2) is 8.78 Å². The maximum absolute atomic E-state index is 14.7. The number of aromatic hydroxyl groups is 1. The average Bonchev–Trinajstić information content (AvgIpc) is 2.68. The van der Waals surface area contributed by atoms with E-state index in [2.05, 4.69) is 4.90 Å². The molecular weight excluding hydrogens is 352 g/mol. The summed E-state index contributed by atoms with van der Waals surface area (Å²) in [6.45, 7) is 1.52. The molecule has 1 aliphatic heterocycles. The zero-order valence-corrected chi connectivity index (χ0v) is 15.0. The molecule has 1 aliphatic rings. The zero-order valence-electron chi connectivity index (χ0n) is 14.2. The van der Waals surface area contributed by atoms with Crippen LogP contribution in [0.2, 0.25) is 0 Å². The van der Waals surface area contributed by atoms with E-state index in [0.717, 1.165) is 41.4 Å². The van der Waals surface area contributed by atoms with Crippen molar-refractivity contribution in [3.8, 4) is 5.75 Å². The maximum Gasteiger partial charge on any atom is 0.163 e. The highest BCUT2D eigenvalue weighted by Gasteiger charge is 2.30. The predicted molar refractivity (Wildman–Crippen MR) is 103 cm³/mol. The van der Waals surface area contributed by atoms with Gasteiger partial charge in [0.25, 0.3) is 0 Å². The van der Waals surface area contributed by atoms with E-state index in [1.165, 1.54) is 6.07 Å². The highest BCUT2D eigenvalue weighted by molar-refractivity contribution is 7.99. The molecule has 0 radical (unpaired) electrons. The van der Waals surface area contributed by atoms with Crippen LogP contribution in [0.3, 0.4) is 0 Å². The first-order valence-electron chi connectivity index (χ1n) is 8.63. The zero-order chi connectivity index (χ0) is 18.1. The van der Waals surface area contributed by atoms with Crippen LogP contribution in [0.5, 0.6) is 5.75 Å². The van der Waals surface area contributed by atoms with Crippen LogP contribution in [-0.2, 0) is 0 Å². The molecule has 0 aromatic heterocycles. The van der Waals surface area contributed by atoms with Gasteiger partial charge in [0, 0.05) is 35.7 Å². The van der Waals surface area contributed by atoms with E-state index in [-0.39, 0.29) is 11.3 Å². The quantitative estimate of drug-likeness (QED) is 0.704. The maximum atomic E-state index is 14.7. The Hall–Kier alpha value is -2.11. The summed E-state index contributed by atoms with van der Waals surface area (Å²) in [7, 11) is 0. The number of fused-ring (bicyclic) bond motifs is 1. The van der Waals surface area contributed by atoms with E-state index in [1.807, 2.05) is 42.1 Å². The molecule has 5 heteroatoms. The molecule has 0 amide bonds. The topological polar surface area (TPSA) is 23.5 Å². The largest absolute Gasteiger partial charge is 0.508 e. The second-order valence-corrected chi connectivity index (χ2v) is 7.64. The van der Waals surface area contributed by atoms with Crippen molar-refractivity contribution < 1.29 is 13.9 Å². The first kappa shape index (κ1) is 17.3. The van der Waals surface area contributed by atoms with Crippen LogP contribution in [0.15, 0.2) is 54.6 Å². The van der Waals surface area contributed by atoms with Crippen LogP contribution >= 0.6 is 11.8 Å². The fourth-order valence-electron chi connectivity index (χ4n) is 3.67. The molecule has 0 bridgehead atoms. The summed E-state index contributed by atoms with van der Waals surface area (Å²) in [5.41, 5.74) is 0.906. The summed E-state index contributed by atoms with van der Waals surface area (Å²) >= 11 is 1.85. The Bertz CT molecular complexity index is 940. The lowest BCUT2D eigenvalue weighted by Crippen LogP contribution is -2.37. The van der Waals surface area contributed by atoms with Crippen LogP contribution < -0.4 is 0 Å². The van der Waals surface area contributed by atoms with E-state index < -0.39 is 17.7 Å². The third-order valence-corrected chi connectivity index (χ3v) is 5.85. The SMILES string of the molecule is Oc1ccc2ccccc2c1C(c1cccc(F)c1F)N1CCSCC1. The van der Waals surface area contributed by atoms with Crippen molar-refractivity contribution in [2.45, 2.75) is 6.04 Å². The Balaban J connectivity index is 1.97.